The molecule has 17 heavy (non-hydrogen) atoms. The maximum absolute atomic E-state index is 2.34. The maximum atomic E-state index is 2.34. The fraction of sp³-hybridized carbons (Fsp3) is 1.00. The Bertz CT molecular complexity index is 154. The van der Waals surface area contributed by atoms with Crippen molar-refractivity contribution in [3.8, 4) is 0 Å². The fourth-order valence-electron chi connectivity index (χ4n) is 1.44. The standard InChI is InChI=1S/C9H20.C8H18/c1-7(2)9(5,6)8(3)4;1-6(2)8(5)7(3)4/h7-8H,1-6H3;6-8H,1-5H3. The van der Waals surface area contributed by atoms with Gasteiger partial charge in [-0.2, -0.15) is 0 Å². The molecular weight excluding hydrogens is 204 g/mol. The smallest absolute Gasteiger partial charge is 0.0308 e. The zero-order valence-corrected chi connectivity index (χ0v) is 14.4. The molecule has 106 valence electrons. The van der Waals surface area contributed by atoms with E-state index in [1.807, 2.05) is 0 Å². The van der Waals surface area contributed by atoms with Gasteiger partial charge in [0, 0.05) is 0 Å². The van der Waals surface area contributed by atoms with Crippen LogP contribution in [0.15, 0.2) is 0 Å². The zero-order chi connectivity index (χ0) is 14.4. The van der Waals surface area contributed by atoms with Crippen molar-refractivity contribution in [3.05, 3.63) is 0 Å². The second-order valence-electron chi connectivity index (χ2n) is 7.48. The van der Waals surface area contributed by atoms with E-state index in [1.54, 1.807) is 0 Å². The van der Waals surface area contributed by atoms with Crippen LogP contribution in [0.5, 0.6) is 0 Å². The lowest BCUT2D eigenvalue weighted by Crippen LogP contribution is -2.25. The van der Waals surface area contributed by atoms with E-state index < -0.39 is 0 Å². The summed E-state index contributed by atoms with van der Waals surface area (Å²) in [6.45, 7) is 25.3. The van der Waals surface area contributed by atoms with Gasteiger partial charge in [0.05, 0.1) is 0 Å². The van der Waals surface area contributed by atoms with Gasteiger partial charge in [0.25, 0.3) is 0 Å². The molecule has 0 saturated carbocycles. The highest BCUT2D eigenvalue weighted by molar-refractivity contribution is 4.75. The summed E-state index contributed by atoms with van der Waals surface area (Å²) in [5.41, 5.74) is 0.500. The molecule has 0 heterocycles. The molecule has 0 saturated heterocycles. The van der Waals surface area contributed by atoms with Crippen molar-refractivity contribution in [3.63, 3.8) is 0 Å². The van der Waals surface area contributed by atoms with E-state index in [1.165, 1.54) is 0 Å². The van der Waals surface area contributed by atoms with Gasteiger partial charge in [-0.05, 0) is 35.0 Å². The third-order valence-electron chi connectivity index (χ3n) is 5.08. The summed E-state index contributed by atoms with van der Waals surface area (Å²) in [6.07, 6.45) is 0. The Morgan fingerprint density at radius 2 is 0.765 bits per heavy atom. The van der Waals surface area contributed by atoms with Gasteiger partial charge in [-0.1, -0.05) is 76.2 Å². The molecule has 0 bridgehead atoms. The van der Waals surface area contributed by atoms with Gasteiger partial charge >= 0.3 is 0 Å². The molecule has 0 rings (SSSR count). The predicted molar refractivity (Wildman–Crippen MR) is 82.3 cm³/mol. The lowest BCUT2D eigenvalue weighted by Gasteiger charge is -2.33. The van der Waals surface area contributed by atoms with Crippen LogP contribution in [0, 0.1) is 35.0 Å². The quantitative estimate of drug-likeness (QED) is 0.546. The van der Waals surface area contributed by atoms with E-state index in [4.69, 9.17) is 0 Å². The van der Waals surface area contributed by atoms with E-state index in [2.05, 4.69) is 76.2 Å². The number of hydrogen-bond donors (Lipinski definition) is 0. The van der Waals surface area contributed by atoms with Crippen LogP contribution in [0.3, 0.4) is 0 Å². The molecule has 0 aliphatic heterocycles. The molecule has 0 aliphatic carbocycles. The molecule has 0 radical (unpaired) electrons. The molecular formula is C17H38. The van der Waals surface area contributed by atoms with Crippen molar-refractivity contribution in [2.45, 2.75) is 76.2 Å². The summed E-state index contributed by atoms with van der Waals surface area (Å²) in [6, 6.07) is 0. The van der Waals surface area contributed by atoms with Gasteiger partial charge in [0.1, 0.15) is 0 Å². The molecule has 0 aromatic rings. The van der Waals surface area contributed by atoms with Crippen molar-refractivity contribution >= 4 is 0 Å². The van der Waals surface area contributed by atoms with Crippen LogP contribution >= 0.6 is 0 Å². The van der Waals surface area contributed by atoms with Gasteiger partial charge in [0.15, 0.2) is 0 Å². The molecule has 0 aromatic heterocycles. The lowest BCUT2D eigenvalue weighted by molar-refractivity contribution is 0.165. The van der Waals surface area contributed by atoms with E-state index in [0.29, 0.717) is 5.41 Å². The van der Waals surface area contributed by atoms with Gasteiger partial charge in [0.2, 0.25) is 0 Å². The van der Waals surface area contributed by atoms with Crippen molar-refractivity contribution < 1.29 is 0 Å². The fourth-order valence-corrected chi connectivity index (χ4v) is 1.44. The van der Waals surface area contributed by atoms with Gasteiger partial charge in [-0.15, -0.1) is 0 Å². The highest BCUT2D eigenvalue weighted by atomic mass is 14.3. The SMILES string of the molecule is CC(C)C(C)(C)C(C)C.CC(C)C(C)C(C)C. The van der Waals surface area contributed by atoms with Gasteiger partial charge < -0.3 is 0 Å². The Kier molecular flexibility index (Phi) is 9.29. The second kappa shape index (κ2) is 8.16. The van der Waals surface area contributed by atoms with E-state index >= 15 is 0 Å². The second-order valence-corrected chi connectivity index (χ2v) is 7.48. The first-order chi connectivity index (χ1) is 7.44. The van der Waals surface area contributed by atoms with Crippen molar-refractivity contribution in [2.24, 2.45) is 35.0 Å². The first-order valence-corrected chi connectivity index (χ1v) is 7.44. The minimum absolute atomic E-state index is 0.500. The van der Waals surface area contributed by atoms with E-state index in [-0.39, 0.29) is 0 Å². The molecule has 0 fully saturated rings. The third kappa shape index (κ3) is 7.84. The summed E-state index contributed by atoms with van der Waals surface area (Å²) in [5.74, 6) is 4.13. The molecule has 0 N–H and O–H groups in total. The minimum Gasteiger partial charge on any atom is -0.0625 e. The van der Waals surface area contributed by atoms with Crippen LogP contribution in [-0.4, -0.2) is 0 Å². The molecule has 0 aliphatic rings. The molecule has 0 aromatic carbocycles. The predicted octanol–water partition coefficient (Wildman–Crippen LogP) is 6.26. The summed E-state index contributed by atoms with van der Waals surface area (Å²) >= 11 is 0. The van der Waals surface area contributed by atoms with E-state index in [9.17, 15) is 0 Å². The Morgan fingerprint density at radius 1 is 0.529 bits per heavy atom. The summed E-state index contributed by atoms with van der Waals surface area (Å²) < 4.78 is 0. The van der Waals surface area contributed by atoms with Crippen molar-refractivity contribution in [1.29, 1.82) is 0 Å². The van der Waals surface area contributed by atoms with Crippen LogP contribution in [0.2, 0.25) is 0 Å². The molecule has 0 nitrogen and oxygen atoms in total. The van der Waals surface area contributed by atoms with Gasteiger partial charge in [-0.25, -0.2) is 0 Å². The molecule has 0 heteroatoms. The summed E-state index contributed by atoms with van der Waals surface area (Å²) in [7, 11) is 0. The lowest BCUT2D eigenvalue weighted by atomic mass is 9.72. The van der Waals surface area contributed by atoms with Crippen LogP contribution < -0.4 is 0 Å². The van der Waals surface area contributed by atoms with Crippen LogP contribution in [0.4, 0.5) is 0 Å². The Morgan fingerprint density at radius 3 is 0.765 bits per heavy atom. The average Bonchev–Trinajstić information content (AvgIpc) is 2.16. The Balaban J connectivity index is 0. The zero-order valence-electron chi connectivity index (χ0n) is 14.4. The Labute approximate surface area is 112 Å². The van der Waals surface area contributed by atoms with Crippen LogP contribution in [0.1, 0.15) is 76.2 Å². The van der Waals surface area contributed by atoms with Crippen molar-refractivity contribution in [2.75, 3.05) is 0 Å². The monoisotopic (exact) mass is 242 g/mol. The highest BCUT2D eigenvalue weighted by Gasteiger charge is 2.25. The van der Waals surface area contributed by atoms with Gasteiger partial charge in [-0.3, -0.25) is 0 Å². The van der Waals surface area contributed by atoms with Crippen molar-refractivity contribution in [1.82, 2.24) is 0 Å². The Hall–Kier alpha value is 0. The first-order valence-electron chi connectivity index (χ1n) is 7.44. The number of hydrogen-bond acceptors (Lipinski definition) is 0. The first kappa shape index (κ1) is 19.3. The number of rotatable bonds is 4. The highest BCUT2D eigenvalue weighted by Crippen LogP contribution is 2.33. The summed E-state index contributed by atoms with van der Waals surface area (Å²) in [5, 5.41) is 0. The molecule has 0 unspecified atom stereocenters. The van der Waals surface area contributed by atoms with Crippen LogP contribution in [0.25, 0.3) is 0 Å². The largest absolute Gasteiger partial charge is 0.0625 e. The average molecular weight is 242 g/mol. The molecule has 0 atom stereocenters. The molecule has 0 amide bonds. The van der Waals surface area contributed by atoms with E-state index in [0.717, 1.165) is 29.6 Å². The molecule has 0 spiro atoms. The topological polar surface area (TPSA) is 0 Å². The third-order valence-corrected chi connectivity index (χ3v) is 5.08. The minimum atomic E-state index is 0.500. The van der Waals surface area contributed by atoms with Crippen LogP contribution in [-0.2, 0) is 0 Å². The summed E-state index contributed by atoms with van der Waals surface area (Å²) in [4.78, 5) is 0. The maximum Gasteiger partial charge on any atom is -0.0308 e. The normalized spacial score (nSPS) is 12.7.